The molecule has 0 amide bonds. The maximum Gasteiger partial charge on any atom is 0.310 e. The fraction of sp³-hybridized carbons (Fsp3) is 0.136. The average molecular weight is 401 g/mol. The molecule has 0 unspecified atom stereocenters. The van der Waals surface area contributed by atoms with Gasteiger partial charge in [0, 0.05) is 5.02 Å². The Morgan fingerprint density at radius 1 is 0.778 bits per heavy atom. The smallest absolute Gasteiger partial charge is 0.310 e. The summed E-state index contributed by atoms with van der Waals surface area (Å²) in [6, 6.07) is 22.3. The van der Waals surface area contributed by atoms with Crippen LogP contribution in [0.25, 0.3) is 0 Å². The summed E-state index contributed by atoms with van der Waals surface area (Å²) >= 11 is 12.1. The first-order valence-corrected chi connectivity index (χ1v) is 9.21. The van der Waals surface area contributed by atoms with Gasteiger partial charge < -0.3 is 9.47 Å². The van der Waals surface area contributed by atoms with Gasteiger partial charge in [-0.2, -0.15) is 0 Å². The molecule has 0 N–H and O–H groups in total. The van der Waals surface area contributed by atoms with Crippen LogP contribution in [-0.2, 0) is 29.2 Å². The Kier molecular flexibility index (Phi) is 6.74. The van der Waals surface area contributed by atoms with Crippen molar-refractivity contribution in [3.63, 3.8) is 0 Å². The summed E-state index contributed by atoms with van der Waals surface area (Å²) in [7, 11) is 0. The van der Waals surface area contributed by atoms with Gasteiger partial charge in [0.1, 0.15) is 19.0 Å². The van der Waals surface area contributed by atoms with Crippen LogP contribution in [0.3, 0.4) is 0 Å². The molecule has 3 rings (SSSR count). The first kappa shape index (κ1) is 19.3. The van der Waals surface area contributed by atoms with Gasteiger partial charge in [0.05, 0.1) is 11.4 Å². The van der Waals surface area contributed by atoms with Crippen molar-refractivity contribution in [3.8, 4) is 5.75 Å². The SMILES string of the molecule is O=C(Cc1ccc(OCc2ccccc2)c(Cl)c1)OCc1ccc(Cl)cc1. The average Bonchev–Trinajstić information content (AvgIpc) is 2.68. The molecule has 0 fully saturated rings. The zero-order chi connectivity index (χ0) is 19.1. The summed E-state index contributed by atoms with van der Waals surface area (Å²) in [4.78, 5) is 12.0. The van der Waals surface area contributed by atoms with Crippen LogP contribution in [0.1, 0.15) is 16.7 Å². The van der Waals surface area contributed by atoms with E-state index in [1.807, 2.05) is 48.5 Å². The Morgan fingerprint density at radius 2 is 1.44 bits per heavy atom. The Bertz CT molecular complexity index is 893. The van der Waals surface area contributed by atoms with Gasteiger partial charge in [0.2, 0.25) is 0 Å². The normalized spacial score (nSPS) is 10.4. The van der Waals surface area contributed by atoms with Crippen LogP contribution in [0.5, 0.6) is 5.75 Å². The van der Waals surface area contributed by atoms with E-state index in [1.54, 1.807) is 24.3 Å². The van der Waals surface area contributed by atoms with Crippen molar-refractivity contribution in [2.75, 3.05) is 0 Å². The minimum Gasteiger partial charge on any atom is -0.487 e. The van der Waals surface area contributed by atoms with Gasteiger partial charge in [-0.25, -0.2) is 0 Å². The third-order valence-electron chi connectivity index (χ3n) is 3.89. The van der Waals surface area contributed by atoms with E-state index in [0.29, 0.717) is 22.4 Å². The summed E-state index contributed by atoms with van der Waals surface area (Å²) in [5, 5.41) is 1.11. The number of ether oxygens (including phenoxy) is 2. The van der Waals surface area contributed by atoms with Crippen molar-refractivity contribution in [3.05, 3.63) is 99.5 Å². The van der Waals surface area contributed by atoms with Gasteiger partial charge in [-0.05, 0) is 41.0 Å². The Balaban J connectivity index is 1.52. The topological polar surface area (TPSA) is 35.5 Å². The van der Waals surface area contributed by atoms with Crippen LogP contribution >= 0.6 is 23.2 Å². The number of hydrogen-bond donors (Lipinski definition) is 0. The zero-order valence-electron chi connectivity index (χ0n) is 14.5. The van der Waals surface area contributed by atoms with Crippen molar-refractivity contribution >= 4 is 29.2 Å². The molecule has 0 aliphatic rings. The predicted octanol–water partition coefficient (Wildman–Crippen LogP) is 5.86. The molecule has 138 valence electrons. The fourth-order valence-corrected chi connectivity index (χ4v) is 2.85. The molecule has 0 radical (unpaired) electrons. The molecule has 0 heterocycles. The molecule has 3 aromatic carbocycles. The van der Waals surface area contributed by atoms with Gasteiger partial charge in [-0.15, -0.1) is 0 Å². The van der Waals surface area contributed by atoms with Crippen molar-refractivity contribution < 1.29 is 14.3 Å². The fourth-order valence-electron chi connectivity index (χ4n) is 2.47. The van der Waals surface area contributed by atoms with Gasteiger partial charge in [-0.3, -0.25) is 4.79 Å². The number of carbonyl (C=O) groups is 1. The second-order valence-electron chi connectivity index (χ2n) is 6.00. The summed E-state index contributed by atoms with van der Waals surface area (Å²) in [6.07, 6.45) is 0.145. The maximum atomic E-state index is 12.0. The second kappa shape index (κ2) is 9.45. The molecular weight excluding hydrogens is 383 g/mol. The third-order valence-corrected chi connectivity index (χ3v) is 4.44. The standard InChI is InChI=1S/C22H18Cl2O3/c23-19-9-6-17(7-10-19)15-27-22(25)13-18-8-11-21(20(24)12-18)26-14-16-4-2-1-3-5-16/h1-12H,13-15H2. The molecular formula is C22H18Cl2O3. The van der Waals surface area contributed by atoms with Crippen molar-refractivity contribution in [2.45, 2.75) is 19.6 Å². The highest BCUT2D eigenvalue weighted by molar-refractivity contribution is 6.32. The minimum absolute atomic E-state index is 0.145. The van der Waals surface area contributed by atoms with E-state index in [9.17, 15) is 4.79 Å². The van der Waals surface area contributed by atoms with Crippen LogP contribution in [0, 0.1) is 0 Å². The van der Waals surface area contributed by atoms with E-state index < -0.39 is 0 Å². The molecule has 0 saturated carbocycles. The third kappa shape index (κ3) is 6.02. The Hall–Kier alpha value is -2.49. The first-order valence-electron chi connectivity index (χ1n) is 8.45. The molecule has 5 heteroatoms. The van der Waals surface area contributed by atoms with Crippen LogP contribution in [-0.4, -0.2) is 5.97 Å². The number of benzene rings is 3. The van der Waals surface area contributed by atoms with Crippen LogP contribution in [0.15, 0.2) is 72.8 Å². The van der Waals surface area contributed by atoms with E-state index in [-0.39, 0.29) is 19.0 Å². The van der Waals surface area contributed by atoms with Gasteiger partial charge in [-0.1, -0.05) is 71.7 Å². The monoisotopic (exact) mass is 400 g/mol. The van der Waals surface area contributed by atoms with E-state index in [0.717, 1.165) is 16.7 Å². The van der Waals surface area contributed by atoms with Crippen molar-refractivity contribution in [2.24, 2.45) is 0 Å². The molecule has 3 aromatic rings. The molecule has 0 spiro atoms. The van der Waals surface area contributed by atoms with E-state index in [4.69, 9.17) is 32.7 Å². The zero-order valence-corrected chi connectivity index (χ0v) is 16.0. The second-order valence-corrected chi connectivity index (χ2v) is 6.85. The van der Waals surface area contributed by atoms with E-state index in [1.165, 1.54) is 0 Å². The van der Waals surface area contributed by atoms with Gasteiger partial charge in [0.15, 0.2) is 0 Å². The highest BCUT2D eigenvalue weighted by Crippen LogP contribution is 2.26. The maximum absolute atomic E-state index is 12.0. The lowest BCUT2D eigenvalue weighted by Crippen LogP contribution is -2.08. The van der Waals surface area contributed by atoms with E-state index >= 15 is 0 Å². The molecule has 0 aromatic heterocycles. The van der Waals surface area contributed by atoms with Gasteiger partial charge >= 0.3 is 5.97 Å². The number of esters is 1. The quantitative estimate of drug-likeness (QED) is 0.466. The van der Waals surface area contributed by atoms with Crippen LogP contribution in [0.2, 0.25) is 10.0 Å². The highest BCUT2D eigenvalue weighted by atomic mass is 35.5. The lowest BCUT2D eigenvalue weighted by Gasteiger charge is -2.10. The van der Waals surface area contributed by atoms with E-state index in [2.05, 4.69) is 0 Å². The summed E-state index contributed by atoms with van der Waals surface area (Å²) in [5.74, 6) is 0.262. The summed E-state index contributed by atoms with van der Waals surface area (Å²) in [6.45, 7) is 0.644. The molecule has 0 aliphatic heterocycles. The number of halogens is 2. The minimum atomic E-state index is -0.320. The number of carbonyl (C=O) groups excluding carboxylic acids is 1. The van der Waals surface area contributed by atoms with Crippen LogP contribution in [0.4, 0.5) is 0 Å². The Morgan fingerprint density at radius 3 is 2.15 bits per heavy atom. The molecule has 3 nitrogen and oxygen atoms in total. The van der Waals surface area contributed by atoms with Crippen molar-refractivity contribution in [1.82, 2.24) is 0 Å². The largest absolute Gasteiger partial charge is 0.487 e. The molecule has 0 aliphatic carbocycles. The molecule has 0 atom stereocenters. The number of hydrogen-bond acceptors (Lipinski definition) is 3. The molecule has 0 bridgehead atoms. The molecule has 27 heavy (non-hydrogen) atoms. The van der Waals surface area contributed by atoms with Gasteiger partial charge in [0.25, 0.3) is 0 Å². The first-order chi connectivity index (χ1) is 13.1. The molecule has 0 saturated heterocycles. The predicted molar refractivity (Wildman–Crippen MR) is 107 cm³/mol. The Labute approximate surface area is 168 Å². The van der Waals surface area contributed by atoms with Crippen LogP contribution < -0.4 is 4.74 Å². The summed E-state index contributed by atoms with van der Waals surface area (Å²) in [5.41, 5.74) is 2.71. The lowest BCUT2D eigenvalue weighted by molar-refractivity contribution is -0.144. The number of rotatable bonds is 7. The van der Waals surface area contributed by atoms with Crippen molar-refractivity contribution in [1.29, 1.82) is 0 Å². The highest BCUT2D eigenvalue weighted by Gasteiger charge is 2.09. The lowest BCUT2D eigenvalue weighted by atomic mass is 10.1. The summed E-state index contributed by atoms with van der Waals surface area (Å²) < 4.78 is 11.0.